The zero-order valence-corrected chi connectivity index (χ0v) is 15.6. The third kappa shape index (κ3) is 5.31. The van der Waals surface area contributed by atoms with Crippen LogP contribution in [-0.2, 0) is 17.5 Å². The van der Waals surface area contributed by atoms with Crippen LogP contribution in [0.2, 0.25) is 0 Å². The van der Waals surface area contributed by atoms with Gasteiger partial charge in [0.25, 0.3) is 11.5 Å². The van der Waals surface area contributed by atoms with E-state index >= 15 is 0 Å². The highest BCUT2D eigenvalue weighted by molar-refractivity contribution is 5.88. The number of hydrogen-bond donors (Lipinski definition) is 0. The Morgan fingerprint density at radius 2 is 1.91 bits per heavy atom. The number of azo groups is 1. The maximum atomic E-state index is 13.4. The maximum absolute atomic E-state index is 13.4. The molecule has 0 spiro atoms. The second-order valence-corrected chi connectivity index (χ2v) is 6.14. The molecule has 2 aromatic rings. The smallest absolute Gasteiger partial charge is 0.437 e. The summed E-state index contributed by atoms with van der Waals surface area (Å²) >= 11 is 0. The van der Waals surface area contributed by atoms with Crippen molar-refractivity contribution in [1.29, 1.82) is 5.26 Å². The summed E-state index contributed by atoms with van der Waals surface area (Å²) < 4.78 is 75.2. The molecule has 2 heterocycles. The molecule has 14 heteroatoms. The summed E-state index contributed by atoms with van der Waals surface area (Å²) in [6.07, 6.45) is -2.10. The van der Waals surface area contributed by atoms with Crippen molar-refractivity contribution in [1.82, 2.24) is 9.55 Å². The summed E-state index contributed by atoms with van der Waals surface area (Å²) in [4.78, 5) is 27.0. The zero-order valence-electron chi connectivity index (χ0n) is 15.6. The van der Waals surface area contributed by atoms with Gasteiger partial charge in [0.15, 0.2) is 5.69 Å². The SMILES string of the molecule is N#Cc1cc(Oc2c(C(F)(F)F)ncn(CC3C=CC(=O)N=N3)c2=O)cc(OC(F)F)c1. The van der Waals surface area contributed by atoms with Crippen LogP contribution < -0.4 is 15.0 Å². The van der Waals surface area contributed by atoms with Gasteiger partial charge < -0.3 is 9.47 Å². The van der Waals surface area contributed by atoms with E-state index in [2.05, 4.69) is 19.9 Å². The van der Waals surface area contributed by atoms with Crippen molar-refractivity contribution in [2.75, 3.05) is 0 Å². The molecule has 0 bridgehead atoms. The Balaban J connectivity index is 2.03. The Kier molecular flexibility index (Phi) is 6.28. The van der Waals surface area contributed by atoms with Crippen molar-refractivity contribution in [2.45, 2.75) is 25.4 Å². The van der Waals surface area contributed by atoms with E-state index in [1.54, 1.807) is 6.07 Å². The van der Waals surface area contributed by atoms with Crippen molar-refractivity contribution >= 4 is 5.91 Å². The van der Waals surface area contributed by atoms with Crippen LogP contribution in [0.25, 0.3) is 0 Å². The molecule has 1 aromatic heterocycles. The van der Waals surface area contributed by atoms with Crippen molar-refractivity contribution in [3.8, 4) is 23.3 Å². The Morgan fingerprint density at radius 3 is 2.50 bits per heavy atom. The van der Waals surface area contributed by atoms with Crippen molar-refractivity contribution < 1.29 is 36.2 Å². The predicted molar refractivity (Wildman–Crippen MR) is 94.2 cm³/mol. The van der Waals surface area contributed by atoms with E-state index in [1.807, 2.05) is 0 Å². The van der Waals surface area contributed by atoms with Crippen LogP contribution in [0.1, 0.15) is 11.3 Å². The number of carbonyl (C=O) groups excluding carboxylic acids is 1. The number of hydrogen-bond acceptors (Lipinski definition) is 7. The number of ether oxygens (including phenoxy) is 2. The molecule has 1 aromatic carbocycles. The van der Waals surface area contributed by atoms with Gasteiger partial charge in [0, 0.05) is 12.1 Å². The van der Waals surface area contributed by atoms with Gasteiger partial charge in [-0.05, 0) is 12.1 Å². The largest absolute Gasteiger partial charge is 0.449 e. The summed E-state index contributed by atoms with van der Waals surface area (Å²) in [5.74, 6) is -3.00. The van der Waals surface area contributed by atoms with Gasteiger partial charge in [-0.1, -0.05) is 6.08 Å². The molecular formula is C18H10F5N5O4. The highest BCUT2D eigenvalue weighted by Crippen LogP contribution is 2.35. The summed E-state index contributed by atoms with van der Waals surface area (Å²) in [5, 5.41) is 15.9. The van der Waals surface area contributed by atoms with E-state index in [0.29, 0.717) is 6.33 Å². The number of amides is 1. The lowest BCUT2D eigenvalue weighted by Crippen LogP contribution is -2.29. The van der Waals surface area contributed by atoms with Gasteiger partial charge >= 0.3 is 12.8 Å². The average Bonchev–Trinajstić information content (AvgIpc) is 2.71. The summed E-state index contributed by atoms with van der Waals surface area (Å²) in [7, 11) is 0. The molecule has 1 unspecified atom stereocenters. The van der Waals surface area contributed by atoms with Gasteiger partial charge in [-0.25, -0.2) is 4.98 Å². The highest BCUT2D eigenvalue weighted by atomic mass is 19.4. The number of aromatic nitrogens is 2. The molecular weight excluding hydrogens is 445 g/mol. The topological polar surface area (TPSA) is 119 Å². The average molecular weight is 455 g/mol. The third-order valence-corrected chi connectivity index (χ3v) is 3.87. The van der Waals surface area contributed by atoms with Crippen LogP contribution in [-0.4, -0.2) is 28.1 Å². The second-order valence-electron chi connectivity index (χ2n) is 6.14. The first kappa shape index (κ1) is 22.5. The van der Waals surface area contributed by atoms with Gasteiger partial charge in [-0.2, -0.15) is 32.3 Å². The fourth-order valence-electron chi connectivity index (χ4n) is 2.57. The minimum absolute atomic E-state index is 0.270. The fourth-order valence-corrected chi connectivity index (χ4v) is 2.57. The quantitative estimate of drug-likeness (QED) is 0.616. The van der Waals surface area contributed by atoms with Crippen LogP contribution in [0.3, 0.4) is 0 Å². The molecule has 9 nitrogen and oxygen atoms in total. The molecule has 0 radical (unpaired) electrons. The number of carbonyl (C=O) groups is 1. The van der Waals surface area contributed by atoms with E-state index in [1.165, 1.54) is 6.08 Å². The molecule has 0 N–H and O–H groups in total. The molecule has 32 heavy (non-hydrogen) atoms. The Morgan fingerprint density at radius 1 is 1.19 bits per heavy atom. The van der Waals surface area contributed by atoms with E-state index in [0.717, 1.165) is 28.8 Å². The normalized spacial score (nSPS) is 15.7. The number of rotatable bonds is 6. The molecule has 0 aliphatic carbocycles. The molecule has 1 amide bonds. The number of benzene rings is 1. The first-order valence-electron chi connectivity index (χ1n) is 8.54. The van der Waals surface area contributed by atoms with Crippen molar-refractivity contribution in [2.24, 2.45) is 10.2 Å². The van der Waals surface area contributed by atoms with E-state index < -0.39 is 53.2 Å². The molecule has 0 fully saturated rings. The van der Waals surface area contributed by atoms with E-state index in [4.69, 9.17) is 10.00 Å². The van der Waals surface area contributed by atoms with Gasteiger partial charge in [-0.3, -0.25) is 14.2 Å². The monoisotopic (exact) mass is 455 g/mol. The molecule has 1 aliphatic heterocycles. The van der Waals surface area contributed by atoms with Crippen LogP contribution in [0.4, 0.5) is 22.0 Å². The Labute approximate surface area is 175 Å². The molecule has 1 aliphatic rings. The number of alkyl halides is 5. The molecule has 0 saturated carbocycles. The van der Waals surface area contributed by atoms with Crippen molar-refractivity contribution in [3.63, 3.8) is 0 Å². The maximum Gasteiger partial charge on any atom is 0.437 e. The van der Waals surface area contributed by atoms with Crippen LogP contribution >= 0.6 is 0 Å². The second kappa shape index (κ2) is 8.92. The number of halogens is 5. The van der Waals surface area contributed by atoms with Gasteiger partial charge in [0.1, 0.15) is 17.5 Å². The van der Waals surface area contributed by atoms with E-state index in [-0.39, 0.29) is 12.1 Å². The Bertz CT molecular complexity index is 1180. The number of nitriles is 1. The summed E-state index contributed by atoms with van der Waals surface area (Å²) in [6, 6.07) is 3.41. The Hall–Kier alpha value is -4.15. The zero-order chi connectivity index (χ0) is 23.5. The first-order chi connectivity index (χ1) is 15.1. The van der Waals surface area contributed by atoms with Crippen LogP contribution in [0.5, 0.6) is 17.2 Å². The van der Waals surface area contributed by atoms with Crippen LogP contribution in [0, 0.1) is 11.3 Å². The van der Waals surface area contributed by atoms with Gasteiger partial charge in [-0.15, -0.1) is 5.11 Å². The highest BCUT2D eigenvalue weighted by Gasteiger charge is 2.39. The lowest BCUT2D eigenvalue weighted by atomic mass is 10.2. The van der Waals surface area contributed by atoms with E-state index in [9.17, 15) is 31.5 Å². The van der Waals surface area contributed by atoms with Crippen LogP contribution in [0.15, 0.2) is 51.7 Å². The third-order valence-electron chi connectivity index (χ3n) is 3.87. The lowest BCUT2D eigenvalue weighted by Gasteiger charge is -2.16. The molecule has 3 rings (SSSR count). The minimum atomic E-state index is -5.10. The van der Waals surface area contributed by atoms with Gasteiger partial charge in [0.2, 0.25) is 5.75 Å². The van der Waals surface area contributed by atoms with Crippen molar-refractivity contribution in [3.05, 3.63) is 58.3 Å². The molecule has 166 valence electrons. The fraction of sp³-hybridized carbons (Fsp3) is 0.222. The molecule has 1 atom stereocenters. The lowest BCUT2D eigenvalue weighted by molar-refractivity contribution is -0.142. The predicted octanol–water partition coefficient (Wildman–Crippen LogP) is 3.44. The molecule has 0 saturated heterocycles. The first-order valence-corrected chi connectivity index (χ1v) is 8.54. The number of nitrogens with zero attached hydrogens (tertiary/aromatic N) is 5. The summed E-state index contributed by atoms with van der Waals surface area (Å²) in [6.45, 7) is -3.59. The minimum Gasteiger partial charge on any atom is -0.449 e. The standard InChI is InChI=1S/C18H10F5N5O4/c19-17(20)32-12-4-9(6-24)3-11(5-12)31-14-15(18(21,22)23)25-8-28(16(14)30)7-10-1-2-13(29)27-26-10/h1-5,8,10,17H,7H2. The van der Waals surface area contributed by atoms with Gasteiger partial charge in [0.05, 0.1) is 24.5 Å². The summed E-state index contributed by atoms with van der Waals surface area (Å²) in [5.41, 5.74) is -3.21.